The summed E-state index contributed by atoms with van der Waals surface area (Å²) in [7, 11) is 0. The highest BCUT2D eigenvalue weighted by Gasteiger charge is 2.01. The smallest absolute Gasteiger partial charge is 0.180 e. The van der Waals surface area contributed by atoms with Gasteiger partial charge in [0.1, 0.15) is 0 Å². The van der Waals surface area contributed by atoms with Crippen LogP contribution < -0.4 is 17.2 Å². The van der Waals surface area contributed by atoms with Gasteiger partial charge >= 0.3 is 0 Å². The molecule has 7 heteroatoms. The topological polar surface area (TPSA) is 115 Å². The number of nitrogens with two attached hydrogens (primary N) is 3. The van der Waals surface area contributed by atoms with E-state index in [-0.39, 0.29) is 5.11 Å². The second-order valence-corrected chi connectivity index (χ2v) is 4.52. The standard InChI is InChI=1S/C10H7N3S.CH4N2S/c11-5-7-1-3-8(4-2-7)9-6-14-10(12)13-9;2-1(3)4/h1-4,6H,(H2,12,13);(H4,2,3,4). The van der Waals surface area contributed by atoms with Crippen molar-refractivity contribution < 1.29 is 0 Å². The molecule has 0 aliphatic heterocycles. The molecule has 0 saturated carbocycles. The highest BCUT2D eigenvalue weighted by atomic mass is 32.1. The van der Waals surface area contributed by atoms with Gasteiger partial charge in [0.05, 0.1) is 17.3 Å². The number of thiocarbonyl (C=S) groups is 1. The van der Waals surface area contributed by atoms with E-state index < -0.39 is 0 Å². The van der Waals surface area contributed by atoms with Gasteiger partial charge in [0.15, 0.2) is 10.2 Å². The molecule has 18 heavy (non-hydrogen) atoms. The predicted octanol–water partition coefficient (Wildman–Crippen LogP) is 1.45. The van der Waals surface area contributed by atoms with Gasteiger partial charge in [0.25, 0.3) is 0 Å². The molecule has 0 amide bonds. The molecule has 0 unspecified atom stereocenters. The lowest BCUT2D eigenvalue weighted by molar-refractivity contribution is 1.40. The van der Waals surface area contributed by atoms with Gasteiger partial charge in [-0.2, -0.15) is 5.26 Å². The van der Waals surface area contributed by atoms with Crippen LogP contribution in [0, 0.1) is 11.3 Å². The van der Waals surface area contributed by atoms with E-state index >= 15 is 0 Å². The summed E-state index contributed by atoms with van der Waals surface area (Å²) in [6, 6.07) is 9.34. The Morgan fingerprint density at radius 3 is 2.22 bits per heavy atom. The number of rotatable bonds is 1. The lowest BCUT2D eigenvalue weighted by Gasteiger charge is -1.95. The van der Waals surface area contributed by atoms with E-state index in [9.17, 15) is 0 Å². The Hall–Kier alpha value is -2.17. The van der Waals surface area contributed by atoms with Crippen molar-refractivity contribution in [2.45, 2.75) is 0 Å². The maximum absolute atomic E-state index is 8.62. The summed E-state index contributed by atoms with van der Waals surface area (Å²) in [5.74, 6) is 0. The van der Waals surface area contributed by atoms with Crippen LogP contribution in [0.2, 0.25) is 0 Å². The average molecular weight is 277 g/mol. The van der Waals surface area contributed by atoms with Crippen molar-refractivity contribution >= 4 is 33.8 Å². The van der Waals surface area contributed by atoms with Crippen LogP contribution in [0.1, 0.15) is 5.56 Å². The molecular weight excluding hydrogens is 266 g/mol. The highest BCUT2D eigenvalue weighted by molar-refractivity contribution is 7.80. The third kappa shape index (κ3) is 4.37. The van der Waals surface area contributed by atoms with Crippen LogP contribution in [0.15, 0.2) is 29.6 Å². The lowest BCUT2D eigenvalue weighted by Crippen LogP contribution is -2.18. The Kier molecular flexibility index (Phi) is 5.05. The van der Waals surface area contributed by atoms with Crippen molar-refractivity contribution in [1.82, 2.24) is 4.98 Å². The molecule has 6 N–H and O–H groups in total. The minimum atomic E-state index is 0.000000000000000222. The first-order valence-corrected chi connectivity index (χ1v) is 6.08. The molecule has 0 fully saturated rings. The van der Waals surface area contributed by atoms with Crippen molar-refractivity contribution in [2.75, 3.05) is 5.73 Å². The summed E-state index contributed by atoms with van der Waals surface area (Å²) in [5.41, 5.74) is 17.3. The van der Waals surface area contributed by atoms with Gasteiger partial charge in [-0.1, -0.05) is 12.1 Å². The minimum absolute atomic E-state index is 0.000000000000000222. The molecule has 0 saturated heterocycles. The number of aromatic nitrogens is 1. The molecule has 5 nitrogen and oxygen atoms in total. The summed E-state index contributed by atoms with van der Waals surface area (Å²) >= 11 is 5.50. The van der Waals surface area contributed by atoms with E-state index in [0.717, 1.165) is 11.3 Å². The van der Waals surface area contributed by atoms with Gasteiger partial charge in [-0.3, -0.25) is 0 Å². The SMILES string of the molecule is N#Cc1ccc(-c2csc(N)n2)cc1.NC(N)=S. The molecule has 92 valence electrons. The molecule has 0 aliphatic carbocycles. The average Bonchev–Trinajstić information content (AvgIpc) is 2.75. The third-order valence-corrected chi connectivity index (χ3v) is 2.51. The second-order valence-electron chi connectivity index (χ2n) is 3.16. The Morgan fingerprint density at radius 1 is 1.28 bits per heavy atom. The van der Waals surface area contributed by atoms with Gasteiger partial charge < -0.3 is 17.2 Å². The van der Waals surface area contributed by atoms with Crippen LogP contribution >= 0.6 is 23.6 Å². The molecule has 0 radical (unpaired) electrons. The largest absolute Gasteiger partial charge is 0.377 e. The number of nitrogen functional groups attached to an aromatic ring is 1. The molecule has 0 aliphatic rings. The molecule has 1 heterocycles. The monoisotopic (exact) mass is 277 g/mol. The van der Waals surface area contributed by atoms with Crippen LogP contribution in [0.25, 0.3) is 11.3 Å². The highest BCUT2D eigenvalue weighted by Crippen LogP contribution is 2.22. The first kappa shape index (κ1) is 13.9. The number of thiazole rings is 1. The Labute approximate surface area is 114 Å². The summed E-state index contributed by atoms with van der Waals surface area (Å²) in [4.78, 5) is 4.15. The summed E-state index contributed by atoms with van der Waals surface area (Å²) < 4.78 is 0. The zero-order valence-corrected chi connectivity index (χ0v) is 11.0. The van der Waals surface area contributed by atoms with Gasteiger partial charge in [-0.15, -0.1) is 11.3 Å². The number of nitriles is 1. The predicted molar refractivity (Wildman–Crippen MR) is 77.7 cm³/mol. The van der Waals surface area contributed by atoms with Crippen LogP contribution in [0.5, 0.6) is 0 Å². The number of nitrogens with zero attached hydrogens (tertiary/aromatic N) is 2. The van der Waals surface area contributed by atoms with Gasteiger partial charge in [-0.05, 0) is 24.4 Å². The van der Waals surface area contributed by atoms with E-state index in [2.05, 4.69) is 34.7 Å². The quantitative estimate of drug-likeness (QED) is 0.680. The fourth-order valence-electron chi connectivity index (χ4n) is 1.14. The molecule has 1 aromatic carbocycles. The van der Waals surface area contributed by atoms with E-state index in [1.165, 1.54) is 11.3 Å². The Bertz CT molecular complexity index is 564. The van der Waals surface area contributed by atoms with E-state index in [1.807, 2.05) is 17.5 Å². The molecule has 0 atom stereocenters. The van der Waals surface area contributed by atoms with E-state index in [0.29, 0.717) is 10.7 Å². The number of benzene rings is 1. The Balaban J connectivity index is 0.000000357. The molecule has 0 spiro atoms. The van der Waals surface area contributed by atoms with Gasteiger partial charge in [-0.25, -0.2) is 4.98 Å². The van der Waals surface area contributed by atoms with Gasteiger partial charge in [0.2, 0.25) is 0 Å². The minimum Gasteiger partial charge on any atom is -0.377 e. The number of hydrogen-bond donors (Lipinski definition) is 3. The molecule has 1 aromatic heterocycles. The maximum Gasteiger partial charge on any atom is 0.180 e. The van der Waals surface area contributed by atoms with Crippen molar-refractivity contribution in [2.24, 2.45) is 11.5 Å². The number of hydrogen-bond acceptors (Lipinski definition) is 5. The first-order valence-electron chi connectivity index (χ1n) is 4.79. The molecule has 0 bridgehead atoms. The van der Waals surface area contributed by atoms with E-state index in [4.69, 9.17) is 11.0 Å². The Morgan fingerprint density at radius 2 is 1.83 bits per heavy atom. The second kappa shape index (κ2) is 6.54. The van der Waals surface area contributed by atoms with Crippen molar-refractivity contribution in [3.05, 3.63) is 35.2 Å². The van der Waals surface area contributed by atoms with Crippen LogP contribution in [-0.2, 0) is 0 Å². The summed E-state index contributed by atoms with van der Waals surface area (Å²) in [5, 5.41) is 11.1. The molecule has 2 aromatic rings. The molecular formula is C11H11N5S2. The maximum atomic E-state index is 8.62. The summed E-state index contributed by atoms with van der Waals surface area (Å²) in [6.45, 7) is 0. The molecule has 2 rings (SSSR count). The lowest BCUT2D eigenvalue weighted by atomic mass is 10.1. The fraction of sp³-hybridized carbons (Fsp3) is 0. The van der Waals surface area contributed by atoms with Crippen molar-refractivity contribution in [1.29, 1.82) is 5.26 Å². The van der Waals surface area contributed by atoms with Crippen molar-refractivity contribution in [3.63, 3.8) is 0 Å². The normalized spacial score (nSPS) is 8.83. The third-order valence-electron chi connectivity index (χ3n) is 1.83. The van der Waals surface area contributed by atoms with E-state index in [1.54, 1.807) is 12.1 Å². The van der Waals surface area contributed by atoms with Crippen molar-refractivity contribution in [3.8, 4) is 17.3 Å². The van der Waals surface area contributed by atoms with Crippen LogP contribution in [-0.4, -0.2) is 10.1 Å². The van der Waals surface area contributed by atoms with Crippen LogP contribution in [0.4, 0.5) is 5.13 Å². The first-order chi connectivity index (χ1) is 8.52. The van der Waals surface area contributed by atoms with Gasteiger partial charge in [0, 0.05) is 10.9 Å². The number of anilines is 1. The van der Waals surface area contributed by atoms with Crippen LogP contribution in [0.3, 0.4) is 0 Å². The summed E-state index contributed by atoms with van der Waals surface area (Å²) in [6.07, 6.45) is 0. The zero-order valence-electron chi connectivity index (χ0n) is 9.33. The zero-order chi connectivity index (χ0) is 13.5. The fourth-order valence-corrected chi connectivity index (χ4v) is 1.71.